The second-order valence-electron chi connectivity index (χ2n) is 5.16. The van der Waals surface area contributed by atoms with Crippen molar-refractivity contribution in [3.05, 3.63) is 34.9 Å². The van der Waals surface area contributed by atoms with Crippen molar-refractivity contribution in [2.75, 3.05) is 0 Å². The molecular formula is C15H25N5. The minimum atomic E-state index is 0.0343. The van der Waals surface area contributed by atoms with E-state index in [2.05, 4.69) is 36.7 Å². The molecule has 0 saturated carbocycles. The van der Waals surface area contributed by atoms with E-state index in [1.165, 1.54) is 16.8 Å². The van der Waals surface area contributed by atoms with Gasteiger partial charge in [0.25, 0.3) is 0 Å². The van der Waals surface area contributed by atoms with Crippen LogP contribution in [0.2, 0.25) is 0 Å². The molecule has 20 heavy (non-hydrogen) atoms. The number of aryl methyl sites for hydroxylation is 2. The average molecular weight is 275 g/mol. The number of nitrogens with two attached hydrogens (primary N) is 1. The Morgan fingerprint density at radius 1 is 1.25 bits per heavy atom. The first-order valence-corrected chi connectivity index (χ1v) is 7.45. The highest BCUT2D eigenvalue weighted by atomic mass is 15.3. The first kappa shape index (κ1) is 14.8. The highest BCUT2D eigenvalue weighted by molar-refractivity contribution is 5.30. The third-order valence-electron chi connectivity index (χ3n) is 3.64. The van der Waals surface area contributed by atoms with Gasteiger partial charge in [0.15, 0.2) is 0 Å². The van der Waals surface area contributed by atoms with Gasteiger partial charge in [-0.3, -0.25) is 9.36 Å². The molecule has 0 fully saturated rings. The molecule has 0 aromatic carbocycles. The summed E-state index contributed by atoms with van der Waals surface area (Å²) < 4.78 is 4.03. The Morgan fingerprint density at radius 2 is 2.00 bits per heavy atom. The van der Waals surface area contributed by atoms with Crippen molar-refractivity contribution >= 4 is 0 Å². The van der Waals surface area contributed by atoms with E-state index in [1.54, 1.807) is 0 Å². The smallest absolute Gasteiger partial charge is 0.0693 e. The lowest BCUT2D eigenvalue weighted by Gasteiger charge is -2.09. The quantitative estimate of drug-likeness (QED) is 0.880. The van der Waals surface area contributed by atoms with E-state index in [0.29, 0.717) is 0 Å². The van der Waals surface area contributed by atoms with Crippen molar-refractivity contribution in [2.24, 2.45) is 5.73 Å². The maximum absolute atomic E-state index is 6.13. The Kier molecular flexibility index (Phi) is 4.60. The van der Waals surface area contributed by atoms with Crippen LogP contribution < -0.4 is 5.73 Å². The molecule has 0 saturated heterocycles. The fraction of sp³-hybridized carbons (Fsp3) is 0.600. The Hall–Kier alpha value is -1.62. The molecular weight excluding hydrogens is 250 g/mol. The third-order valence-corrected chi connectivity index (χ3v) is 3.64. The highest BCUT2D eigenvalue weighted by Gasteiger charge is 2.18. The van der Waals surface area contributed by atoms with Gasteiger partial charge in [0.2, 0.25) is 0 Å². The summed E-state index contributed by atoms with van der Waals surface area (Å²) in [6, 6.07) is 0.0343. The maximum atomic E-state index is 6.13. The lowest BCUT2D eigenvalue weighted by molar-refractivity contribution is 0.632. The second kappa shape index (κ2) is 6.22. The molecule has 2 rings (SSSR count). The predicted octanol–water partition coefficient (Wildman–Crippen LogP) is 2.29. The molecule has 1 atom stereocenters. The largest absolute Gasteiger partial charge is 0.324 e. The standard InChI is InChI=1S/C15H25N5/c1-5-13-15(11(4)16)14(6-2)20(18-13)10-12-8-17-19(7-3)9-12/h8-9,11H,5-7,10,16H2,1-4H3. The van der Waals surface area contributed by atoms with Gasteiger partial charge < -0.3 is 5.73 Å². The first-order valence-electron chi connectivity index (χ1n) is 7.45. The predicted molar refractivity (Wildman–Crippen MR) is 80.6 cm³/mol. The molecule has 2 aromatic heterocycles. The fourth-order valence-electron chi connectivity index (χ4n) is 2.69. The summed E-state index contributed by atoms with van der Waals surface area (Å²) in [5.74, 6) is 0. The van der Waals surface area contributed by atoms with E-state index < -0.39 is 0 Å². The zero-order chi connectivity index (χ0) is 14.7. The summed E-state index contributed by atoms with van der Waals surface area (Å²) in [6.07, 6.45) is 5.87. The van der Waals surface area contributed by atoms with Crippen molar-refractivity contribution in [3.63, 3.8) is 0 Å². The molecule has 0 aliphatic rings. The highest BCUT2D eigenvalue weighted by Crippen LogP contribution is 2.22. The Balaban J connectivity index is 2.35. The van der Waals surface area contributed by atoms with Gasteiger partial charge in [0, 0.05) is 35.6 Å². The molecule has 110 valence electrons. The molecule has 2 N–H and O–H groups in total. The SMILES string of the molecule is CCc1nn(Cc2cnn(CC)c2)c(CC)c1C(C)N. The van der Waals surface area contributed by atoms with Crippen LogP contribution in [-0.4, -0.2) is 19.6 Å². The van der Waals surface area contributed by atoms with Crippen LogP contribution in [0.4, 0.5) is 0 Å². The number of hydrogen-bond acceptors (Lipinski definition) is 3. The summed E-state index contributed by atoms with van der Waals surface area (Å²) in [7, 11) is 0. The van der Waals surface area contributed by atoms with E-state index in [0.717, 1.165) is 31.6 Å². The summed E-state index contributed by atoms with van der Waals surface area (Å²) in [5, 5.41) is 9.07. The number of nitrogens with zero attached hydrogens (tertiary/aromatic N) is 4. The Bertz CT molecular complexity index is 565. The van der Waals surface area contributed by atoms with Gasteiger partial charge in [-0.2, -0.15) is 10.2 Å². The van der Waals surface area contributed by atoms with Crippen molar-refractivity contribution in [1.82, 2.24) is 19.6 Å². The summed E-state index contributed by atoms with van der Waals surface area (Å²) in [4.78, 5) is 0. The molecule has 2 aromatic rings. The summed E-state index contributed by atoms with van der Waals surface area (Å²) in [6.45, 7) is 10.1. The maximum Gasteiger partial charge on any atom is 0.0693 e. The topological polar surface area (TPSA) is 61.7 Å². The van der Waals surface area contributed by atoms with E-state index in [4.69, 9.17) is 10.8 Å². The molecule has 5 nitrogen and oxygen atoms in total. The van der Waals surface area contributed by atoms with Crippen LogP contribution in [0.5, 0.6) is 0 Å². The first-order chi connectivity index (χ1) is 9.60. The molecule has 0 amide bonds. The van der Waals surface area contributed by atoms with E-state index >= 15 is 0 Å². The molecule has 0 aliphatic heterocycles. The van der Waals surface area contributed by atoms with Gasteiger partial charge in [-0.15, -0.1) is 0 Å². The summed E-state index contributed by atoms with van der Waals surface area (Å²) in [5.41, 5.74) is 10.9. The van der Waals surface area contributed by atoms with E-state index in [1.807, 2.05) is 17.8 Å². The van der Waals surface area contributed by atoms with Crippen LogP contribution in [0.3, 0.4) is 0 Å². The van der Waals surface area contributed by atoms with Gasteiger partial charge in [-0.05, 0) is 26.7 Å². The molecule has 0 spiro atoms. The zero-order valence-electron chi connectivity index (χ0n) is 12.9. The minimum Gasteiger partial charge on any atom is -0.324 e. The molecule has 1 unspecified atom stereocenters. The van der Waals surface area contributed by atoms with E-state index in [-0.39, 0.29) is 6.04 Å². The Labute approximate surface area is 120 Å². The van der Waals surface area contributed by atoms with Gasteiger partial charge >= 0.3 is 0 Å². The molecule has 0 bridgehead atoms. The molecule has 5 heteroatoms. The van der Waals surface area contributed by atoms with Crippen LogP contribution in [0.15, 0.2) is 12.4 Å². The number of hydrogen-bond donors (Lipinski definition) is 1. The summed E-state index contributed by atoms with van der Waals surface area (Å²) >= 11 is 0. The van der Waals surface area contributed by atoms with Crippen molar-refractivity contribution < 1.29 is 0 Å². The van der Waals surface area contributed by atoms with Gasteiger partial charge in [0.05, 0.1) is 18.4 Å². The van der Waals surface area contributed by atoms with Gasteiger partial charge in [-0.25, -0.2) is 0 Å². The molecule has 0 radical (unpaired) electrons. The van der Waals surface area contributed by atoms with Crippen LogP contribution in [0.1, 0.15) is 56.3 Å². The van der Waals surface area contributed by atoms with Crippen molar-refractivity contribution in [2.45, 2.75) is 59.7 Å². The van der Waals surface area contributed by atoms with Crippen molar-refractivity contribution in [1.29, 1.82) is 0 Å². The lowest BCUT2D eigenvalue weighted by Crippen LogP contribution is -2.11. The van der Waals surface area contributed by atoms with Gasteiger partial charge in [-0.1, -0.05) is 13.8 Å². The minimum absolute atomic E-state index is 0.0343. The monoisotopic (exact) mass is 275 g/mol. The van der Waals surface area contributed by atoms with Crippen LogP contribution >= 0.6 is 0 Å². The molecule has 2 heterocycles. The van der Waals surface area contributed by atoms with Crippen LogP contribution in [0.25, 0.3) is 0 Å². The zero-order valence-corrected chi connectivity index (χ0v) is 12.9. The second-order valence-corrected chi connectivity index (χ2v) is 5.16. The number of rotatable bonds is 6. The normalized spacial score (nSPS) is 12.8. The molecule has 0 aliphatic carbocycles. The Morgan fingerprint density at radius 3 is 2.50 bits per heavy atom. The average Bonchev–Trinajstić information content (AvgIpc) is 3.02. The van der Waals surface area contributed by atoms with Crippen molar-refractivity contribution in [3.8, 4) is 0 Å². The third kappa shape index (κ3) is 2.77. The lowest BCUT2D eigenvalue weighted by atomic mass is 10.0. The van der Waals surface area contributed by atoms with Crippen LogP contribution in [0, 0.1) is 0 Å². The van der Waals surface area contributed by atoms with Gasteiger partial charge in [0.1, 0.15) is 0 Å². The fourth-order valence-corrected chi connectivity index (χ4v) is 2.69. The van der Waals surface area contributed by atoms with E-state index in [9.17, 15) is 0 Å². The van der Waals surface area contributed by atoms with Crippen LogP contribution in [-0.2, 0) is 25.9 Å². The number of aromatic nitrogens is 4.